The first kappa shape index (κ1) is 19.0. The number of hydroxylamine groups is 2. The van der Waals surface area contributed by atoms with Crippen molar-refractivity contribution in [2.24, 2.45) is 5.92 Å². The third-order valence-electron chi connectivity index (χ3n) is 5.16. The van der Waals surface area contributed by atoms with Crippen molar-refractivity contribution in [2.45, 2.75) is 19.1 Å². The van der Waals surface area contributed by atoms with Crippen LogP contribution in [0.25, 0.3) is 0 Å². The highest BCUT2D eigenvalue weighted by atomic mass is 16.7. The van der Waals surface area contributed by atoms with Crippen LogP contribution in [-0.2, 0) is 14.4 Å². The van der Waals surface area contributed by atoms with Crippen molar-refractivity contribution in [3.05, 3.63) is 64.2 Å². The number of hydrogen-bond acceptors (Lipinski definition) is 7. The van der Waals surface area contributed by atoms with E-state index in [1.54, 1.807) is 43.4 Å². The average Bonchev–Trinajstić information content (AvgIpc) is 3.17. The predicted octanol–water partition coefficient (Wildman–Crippen LogP) is 2.47. The second kappa shape index (κ2) is 7.26. The number of non-ortho nitro benzene ring substituents is 1. The Hall–Kier alpha value is -3.30. The number of nitro groups is 1. The zero-order valence-corrected chi connectivity index (χ0v) is 15.8. The number of fused-ring (bicyclic) bond motifs is 1. The average molecular weight is 397 g/mol. The molecule has 0 aromatic heterocycles. The molecule has 0 saturated carbocycles. The summed E-state index contributed by atoms with van der Waals surface area (Å²) in [5.74, 6) is -0.881. The van der Waals surface area contributed by atoms with E-state index in [-0.39, 0.29) is 11.6 Å². The normalized spacial score (nSPS) is 24.1. The summed E-state index contributed by atoms with van der Waals surface area (Å²) in [6, 6.07) is 12.1. The van der Waals surface area contributed by atoms with Gasteiger partial charge < -0.3 is 4.74 Å². The molecule has 0 N–H and O–H groups in total. The first-order chi connectivity index (χ1) is 13.9. The minimum Gasteiger partial charge on any atom is -0.494 e. The van der Waals surface area contributed by atoms with Crippen LogP contribution in [0.4, 0.5) is 11.4 Å². The molecule has 2 saturated heterocycles. The largest absolute Gasteiger partial charge is 0.494 e. The number of carbonyl (C=O) groups excluding carboxylic acids is 2. The number of imide groups is 1. The van der Waals surface area contributed by atoms with Crippen molar-refractivity contribution in [1.29, 1.82) is 0 Å². The molecule has 2 aromatic rings. The maximum Gasteiger partial charge on any atom is 0.269 e. The van der Waals surface area contributed by atoms with E-state index in [9.17, 15) is 19.7 Å². The molecule has 2 amide bonds. The molecule has 0 unspecified atom stereocenters. The van der Waals surface area contributed by atoms with Crippen molar-refractivity contribution in [2.75, 3.05) is 18.6 Å². The second-order valence-corrected chi connectivity index (χ2v) is 6.83. The van der Waals surface area contributed by atoms with E-state index in [0.29, 0.717) is 23.6 Å². The van der Waals surface area contributed by atoms with E-state index in [1.807, 2.05) is 6.92 Å². The fraction of sp³-hybridized carbons (Fsp3) is 0.300. The van der Waals surface area contributed by atoms with Crippen LogP contribution in [0.2, 0.25) is 0 Å². The van der Waals surface area contributed by atoms with Crippen LogP contribution in [0.3, 0.4) is 0 Å². The van der Waals surface area contributed by atoms with Crippen molar-refractivity contribution in [3.63, 3.8) is 0 Å². The Labute approximate surface area is 166 Å². The number of amides is 2. The molecule has 9 nitrogen and oxygen atoms in total. The Morgan fingerprint density at radius 2 is 1.72 bits per heavy atom. The van der Waals surface area contributed by atoms with Crippen LogP contribution < -0.4 is 9.64 Å². The summed E-state index contributed by atoms with van der Waals surface area (Å²) in [6.07, 6.45) is -0.931. The van der Waals surface area contributed by atoms with Gasteiger partial charge in [0.25, 0.3) is 11.6 Å². The number of rotatable bonds is 5. The monoisotopic (exact) mass is 397 g/mol. The number of hydrogen-bond donors (Lipinski definition) is 0. The Balaban J connectivity index is 1.63. The van der Waals surface area contributed by atoms with Gasteiger partial charge in [0, 0.05) is 19.2 Å². The summed E-state index contributed by atoms with van der Waals surface area (Å²) >= 11 is 0. The number of carbonyl (C=O) groups is 2. The quantitative estimate of drug-likeness (QED) is 0.434. The fourth-order valence-electron chi connectivity index (χ4n) is 3.87. The SMILES string of the molecule is CCOc1ccc(N2C(=O)[C@@H]3[C@@H](ON(C)[C@H]3c3ccc([N+](=O)[O-])cc3)C2=O)cc1. The molecule has 0 radical (unpaired) electrons. The predicted molar refractivity (Wildman–Crippen MR) is 102 cm³/mol. The summed E-state index contributed by atoms with van der Waals surface area (Å²) in [7, 11) is 1.65. The van der Waals surface area contributed by atoms with E-state index in [4.69, 9.17) is 9.57 Å². The summed E-state index contributed by atoms with van der Waals surface area (Å²) < 4.78 is 5.40. The maximum absolute atomic E-state index is 13.2. The van der Waals surface area contributed by atoms with E-state index in [2.05, 4.69) is 0 Å². The van der Waals surface area contributed by atoms with Gasteiger partial charge in [-0.05, 0) is 36.8 Å². The Morgan fingerprint density at radius 1 is 1.07 bits per heavy atom. The molecule has 150 valence electrons. The van der Waals surface area contributed by atoms with Crippen LogP contribution >= 0.6 is 0 Å². The molecule has 4 rings (SSSR count). The number of nitrogens with zero attached hydrogens (tertiary/aromatic N) is 3. The highest BCUT2D eigenvalue weighted by Crippen LogP contribution is 2.45. The molecule has 0 bridgehead atoms. The molecular formula is C20H19N3O6. The topological polar surface area (TPSA) is 102 Å². The first-order valence-electron chi connectivity index (χ1n) is 9.17. The van der Waals surface area contributed by atoms with Crippen LogP contribution in [-0.4, -0.2) is 41.6 Å². The second-order valence-electron chi connectivity index (χ2n) is 6.83. The number of benzene rings is 2. The van der Waals surface area contributed by atoms with Crippen LogP contribution in [0.5, 0.6) is 5.75 Å². The first-order valence-corrected chi connectivity index (χ1v) is 9.17. The van der Waals surface area contributed by atoms with Gasteiger partial charge in [-0.2, -0.15) is 5.06 Å². The molecule has 2 fully saturated rings. The molecule has 2 aliphatic rings. The molecule has 3 atom stereocenters. The van der Waals surface area contributed by atoms with E-state index >= 15 is 0 Å². The molecule has 29 heavy (non-hydrogen) atoms. The van der Waals surface area contributed by atoms with Gasteiger partial charge in [-0.25, -0.2) is 4.90 Å². The number of anilines is 1. The van der Waals surface area contributed by atoms with Gasteiger partial charge in [0.1, 0.15) is 5.75 Å². The molecule has 0 spiro atoms. The molecule has 0 aliphatic carbocycles. The minimum atomic E-state index is -0.931. The van der Waals surface area contributed by atoms with Crippen LogP contribution in [0.15, 0.2) is 48.5 Å². The molecule has 2 heterocycles. The maximum atomic E-state index is 13.2. The lowest BCUT2D eigenvalue weighted by Gasteiger charge is -2.24. The Bertz CT molecular complexity index is 959. The van der Waals surface area contributed by atoms with Gasteiger partial charge >= 0.3 is 0 Å². The summed E-state index contributed by atoms with van der Waals surface area (Å²) in [5, 5.41) is 12.4. The highest BCUT2D eigenvalue weighted by molar-refractivity contribution is 6.23. The summed E-state index contributed by atoms with van der Waals surface area (Å²) in [4.78, 5) is 43.3. The number of nitro benzene ring substituents is 1. The Kier molecular flexibility index (Phi) is 4.77. The highest BCUT2D eigenvalue weighted by Gasteiger charge is 2.59. The summed E-state index contributed by atoms with van der Waals surface area (Å²) in [6.45, 7) is 2.39. The van der Waals surface area contributed by atoms with Crippen molar-refractivity contribution in [3.8, 4) is 5.75 Å². The molecule has 9 heteroatoms. The molecule has 2 aromatic carbocycles. The minimum absolute atomic E-state index is 0.0447. The standard InChI is InChI=1S/C20H19N3O6/c1-3-28-15-10-8-13(9-11-15)22-19(24)16-17(21(2)29-18(16)20(22)25)12-4-6-14(7-5-12)23(26)27/h4-11,16-18H,3H2,1-2H3/t16-,17-,18+/m0/s1. The van der Waals surface area contributed by atoms with Crippen molar-refractivity contribution in [1.82, 2.24) is 5.06 Å². The van der Waals surface area contributed by atoms with Gasteiger partial charge in [0.05, 0.1) is 29.2 Å². The lowest BCUT2D eigenvalue weighted by Crippen LogP contribution is -2.36. The van der Waals surface area contributed by atoms with E-state index in [0.717, 1.165) is 4.90 Å². The van der Waals surface area contributed by atoms with Gasteiger partial charge in [-0.15, -0.1) is 0 Å². The lowest BCUT2D eigenvalue weighted by atomic mass is 9.91. The molecular weight excluding hydrogens is 378 g/mol. The lowest BCUT2D eigenvalue weighted by molar-refractivity contribution is -0.384. The van der Waals surface area contributed by atoms with Gasteiger partial charge in [0.15, 0.2) is 6.10 Å². The van der Waals surface area contributed by atoms with Gasteiger partial charge in [-0.3, -0.25) is 24.5 Å². The third-order valence-corrected chi connectivity index (χ3v) is 5.16. The van der Waals surface area contributed by atoms with E-state index < -0.39 is 28.9 Å². The smallest absolute Gasteiger partial charge is 0.269 e. The summed E-state index contributed by atoms with van der Waals surface area (Å²) in [5.41, 5.74) is 1.07. The van der Waals surface area contributed by atoms with Crippen molar-refractivity contribution < 1.29 is 24.1 Å². The van der Waals surface area contributed by atoms with Crippen LogP contribution in [0.1, 0.15) is 18.5 Å². The van der Waals surface area contributed by atoms with Crippen molar-refractivity contribution >= 4 is 23.2 Å². The number of ether oxygens (including phenoxy) is 1. The van der Waals surface area contributed by atoms with E-state index in [1.165, 1.54) is 17.2 Å². The Morgan fingerprint density at radius 3 is 2.31 bits per heavy atom. The molecule has 2 aliphatic heterocycles. The fourth-order valence-corrected chi connectivity index (χ4v) is 3.87. The van der Waals surface area contributed by atoms with Crippen LogP contribution in [0, 0.1) is 16.0 Å². The van der Waals surface area contributed by atoms with Gasteiger partial charge in [0.2, 0.25) is 5.91 Å². The zero-order chi connectivity index (χ0) is 20.7. The third kappa shape index (κ3) is 3.14. The zero-order valence-electron chi connectivity index (χ0n) is 15.8. The van der Waals surface area contributed by atoms with Gasteiger partial charge in [-0.1, -0.05) is 12.1 Å².